The van der Waals surface area contributed by atoms with E-state index in [1.54, 1.807) is 4.90 Å². The highest BCUT2D eigenvalue weighted by Crippen LogP contribution is 2.45. The summed E-state index contributed by atoms with van der Waals surface area (Å²) in [6, 6.07) is 1.96. The molecule has 238 valence electrons. The van der Waals surface area contributed by atoms with Crippen molar-refractivity contribution in [1.29, 1.82) is 0 Å². The number of ether oxygens (including phenoxy) is 2. The molecule has 10 nitrogen and oxygen atoms in total. The molecule has 1 amide bonds. The number of aryl methyl sites for hydroxylation is 1. The molecule has 6 N–H and O–H groups in total. The molecule has 3 aliphatic rings. The molecule has 10 heteroatoms. The summed E-state index contributed by atoms with van der Waals surface area (Å²) in [4.78, 5) is 30.7. The zero-order valence-corrected chi connectivity index (χ0v) is 25.8. The molecule has 2 aliphatic heterocycles. The lowest BCUT2D eigenvalue weighted by Crippen LogP contribution is -2.26. The minimum absolute atomic E-state index is 0.00639. The van der Waals surface area contributed by atoms with Gasteiger partial charge < -0.3 is 36.1 Å². The van der Waals surface area contributed by atoms with Crippen molar-refractivity contribution < 1.29 is 29.3 Å². The summed E-state index contributed by atoms with van der Waals surface area (Å²) in [5.41, 5.74) is 13.3. The number of hydrogen-bond acceptors (Lipinski definition) is 7. The van der Waals surface area contributed by atoms with Crippen molar-refractivity contribution >= 4 is 23.9 Å². The molecule has 0 bridgehead atoms. The number of unbranched alkanes of at least 4 members (excludes halogenated alkanes) is 2. The van der Waals surface area contributed by atoms with E-state index in [9.17, 15) is 19.8 Å². The largest absolute Gasteiger partial charge is 0.504 e. The van der Waals surface area contributed by atoms with Crippen LogP contribution in [0.15, 0.2) is 17.1 Å². The van der Waals surface area contributed by atoms with Crippen molar-refractivity contribution in [2.45, 2.75) is 116 Å². The van der Waals surface area contributed by atoms with Gasteiger partial charge >= 0.3 is 5.97 Å². The van der Waals surface area contributed by atoms with Crippen molar-refractivity contribution in [2.75, 3.05) is 13.1 Å². The number of rotatable bonds is 15. The van der Waals surface area contributed by atoms with Crippen LogP contribution in [-0.2, 0) is 27.3 Å². The molecule has 0 spiro atoms. The summed E-state index contributed by atoms with van der Waals surface area (Å²) in [5.74, 6) is 0.701. The second-order valence-electron chi connectivity index (χ2n) is 12.5. The van der Waals surface area contributed by atoms with Gasteiger partial charge in [0.15, 0.2) is 17.5 Å². The number of carbonyl (C=O) groups excluding carboxylic acids is 2. The first-order valence-electron chi connectivity index (χ1n) is 16.1. The number of phenols is 1. The number of amides is 1. The normalized spacial score (nSPS) is 22.3. The zero-order valence-electron chi connectivity index (χ0n) is 25.8. The van der Waals surface area contributed by atoms with E-state index in [1.807, 2.05) is 6.07 Å². The Labute approximate surface area is 255 Å². The van der Waals surface area contributed by atoms with Gasteiger partial charge in [-0.1, -0.05) is 38.3 Å². The lowest BCUT2D eigenvalue weighted by Gasteiger charge is -2.24. The van der Waals surface area contributed by atoms with E-state index < -0.39 is 12.2 Å². The Hall–Kier alpha value is -3.27. The zero-order chi connectivity index (χ0) is 30.9. The van der Waals surface area contributed by atoms with Crippen LogP contribution in [0, 0.1) is 11.8 Å². The number of hydrogen-bond donors (Lipinski definition) is 4. The third kappa shape index (κ3) is 9.11. The van der Waals surface area contributed by atoms with Gasteiger partial charge in [0.1, 0.15) is 12.2 Å². The SMILES string of the molecule is CCCCC[C@H](O)C[C@@H](CCc1cc(CN2C[C@@H](CCN=C(N)N)CC2=O)c(O)c2c1C=C[C@@H]1CCC[C@@H]1O2)OC(C)=O. The van der Waals surface area contributed by atoms with Crippen LogP contribution in [0.3, 0.4) is 0 Å². The Bertz CT molecular complexity index is 1180. The van der Waals surface area contributed by atoms with Crippen molar-refractivity contribution in [2.24, 2.45) is 28.3 Å². The summed E-state index contributed by atoms with van der Waals surface area (Å²) in [6.07, 6.45) is 12.7. The number of esters is 1. The van der Waals surface area contributed by atoms with Crippen LogP contribution >= 0.6 is 0 Å². The highest BCUT2D eigenvalue weighted by Gasteiger charge is 2.34. The third-order valence-electron chi connectivity index (χ3n) is 8.97. The highest BCUT2D eigenvalue weighted by molar-refractivity contribution is 5.79. The minimum atomic E-state index is -0.535. The standard InChI is InChI=1S/C33H50N4O6/c1-3-4-5-8-26(39)18-27(42-21(2)38)12-10-24-17-25(20-37-19-22(16-30(37)40)14-15-36-33(34)35)31(41)32-28(24)13-11-23-7-6-9-29(23)43-32/h11,13,17,22-23,26-27,29,39,41H,3-10,12,14-16,18-20H2,1-2H3,(H4,34,35,36)/t22-,23-,26-,27+,29-/m0/s1. The van der Waals surface area contributed by atoms with E-state index in [-0.39, 0.29) is 42.2 Å². The Balaban J connectivity index is 1.55. The van der Waals surface area contributed by atoms with Crippen LogP contribution in [-0.4, -0.2) is 64.4 Å². The predicted molar refractivity (Wildman–Crippen MR) is 166 cm³/mol. The first kappa shape index (κ1) is 32.6. The van der Waals surface area contributed by atoms with Gasteiger partial charge in [-0.25, -0.2) is 0 Å². The maximum absolute atomic E-state index is 12.9. The van der Waals surface area contributed by atoms with Gasteiger partial charge in [-0.3, -0.25) is 14.6 Å². The van der Waals surface area contributed by atoms with E-state index >= 15 is 0 Å². The Morgan fingerprint density at radius 1 is 1.23 bits per heavy atom. The fourth-order valence-electron chi connectivity index (χ4n) is 6.71. The molecule has 0 aromatic heterocycles. The topological polar surface area (TPSA) is 161 Å². The molecule has 1 saturated carbocycles. The van der Waals surface area contributed by atoms with Crippen molar-refractivity contribution in [3.8, 4) is 11.5 Å². The predicted octanol–water partition coefficient (Wildman–Crippen LogP) is 4.17. The number of nitrogens with two attached hydrogens (primary N) is 2. The average Bonchev–Trinajstić information content (AvgIpc) is 3.48. The molecular formula is C33H50N4O6. The molecule has 5 atom stereocenters. The first-order chi connectivity index (χ1) is 20.6. The maximum atomic E-state index is 12.9. The molecular weight excluding hydrogens is 548 g/mol. The summed E-state index contributed by atoms with van der Waals surface area (Å²) < 4.78 is 12.1. The van der Waals surface area contributed by atoms with E-state index in [1.165, 1.54) is 6.92 Å². The average molecular weight is 599 g/mol. The van der Waals surface area contributed by atoms with Gasteiger partial charge in [0.05, 0.1) is 6.10 Å². The molecule has 0 unspecified atom stereocenters. The second-order valence-corrected chi connectivity index (χ2v) is 12.5. The number of aliphatic hydroxyl groups excluding tert-OH is 1. The number of aliphatic hydroxyl groups is 1. The van der Waals surface area contributed by atoms with Crippen LogP contribution in [0.5, 0.6) is 11.5 Å². The van der Waals surface area contributed by atoms with Crippen molar-refractivity contribution in [3.05, 3.63) is 28.8 Å². The van der Waals surface area contributed by atoms with E-state index in [0.717, 1.165) is 49.7 Å². The van der Waals surface area contributed by atoms with Crippen LogP contribution < -0.4 is 16.2 Å². The van der Waals surface area contributed by atoms with Gasteiger partial charge in [0, 0.05) is 56.4 Å². The van der Waals surface area contributed by atoms with Crippen molar-refractivity contribution in [1.82, 2.24) is 4.90 Å². The molecule has 4 rings (SSSR count). The Morgan fingerprint density at radius 3 is 2.79 bits per heavy atom. The molecule has 2 heterocycles. The number of benzene rings is 1. The summed E-state index contributed by atoms with van der Waals surface area (Å²) in [5, 5.41) is 22.1. The molecule has 43 heavy (non-hydrogen) atoms. The second kappa shape index (κ2) is 15.5. The Kier molecular flexibility index (Phi) is 11.7. The van der Waals surface area contributed by atoms with E-state index in [0.29, 0.717) is 68.8 Å². The lowest BCUT2D eigenvalue weighted by molar-refractivity contribution is -0.148. The Morgan fingerprint density at radius 2 is 2.05 bits per heavy atom. The summed E-state index contributed by atoms with van der Waals surface area (Å²) in [6.45, 7) is 4.84. The van der Waals surface area contributed by atoms with Crippen LogP contribution in [0.4, 0.5) is 0 Å². The number of carbonyl (C=O) groups is 2. The molecule has 1 aromatic carbocycles. The van der Waals surface area contributed by atoms with Gasteiger partial charge in [-0.05, 0) is 62.5 Å². The third-order valence-corrected chi connectivity index (χ3v) is 8.97. The molecule has 0 radical (unpaired) electrons. The van der Waals surface area contributed by atoms with Gasteiger partial charge in [-0.2, -0.15) is 0 Å². The smallest absolute Gasteiger partial charge is 0.302 e. The van der Waals surface area contributed by atoms with E-state index in [4.69, 9.17) is 20.9 Å². The van der Waals surface area contributed by atoms with Crippen LogP contribution in [0.25, 0.3) is 6.08 Å². The lowest BCUT2D eigenvalue weighted by atomic mass is 9.94. The molecule has 1 saturated heterocycles. The maximum Gasteiger partial charge on any atom is 0.302 e. The minimum Gasteiger partial charge on any atom is -0.504 e. The number of guanidine groups is 1. The first-order valence-corrected chi connectivity index (χ1v) is 16.1. The van der Waals surface area contributed by atoms with E-state index in [2.05, 4.69) is 24.1 Å². The highest BCUT2D eigenvalue weighted by atomic mass is 16.5. The number of fused-ring (bicyclic) bond motifs is 2. The fraction of sp³-hybridized carbons (Fsp3) is 0.667. The summed E-state index contributed by atoms with van der Waals surface area (Å²) in [7, 11) is 0. The number of aromatic hydroxyl groups is 1. The van der Waals surface area contributed by atoms with Gasteiger partial charge in [0.25, 0.3) is 0 Å². The number of aliphatic imine (C=N–C) groups is 1. The van der Waals surface area contributed by atoms with Gasteiger partial charge in [-0.15, -0.1) is 0 Å². The van der Waals surface area contributed by atoms with Crippen LogP contribution in [0.1, 0.15) is 101 Å². The quantitative estimate of drug-likeness (QED) is 0.101. The monoisotopic (exact) mass is 598 g/mol. The molecule has 1 aromatic rings. The number of nitrogens with zero attached hydrogens (tertiary/aromatic N) is 2. The van der Waals surface area contributed by atoms with Crippen LogP contribution in [0.2, 0.25) is 0 Å². The molecule has 2 fully saturated rings. The fourth-order valence-corrected chi connectivity index (χ4v) is 6.71. The summed E-state index contributed by atoms with van der Waals surface area (Å²) >= 11 is 0. The van der Waals surface area contributed by atoms with Crippen molar-refractivity contribution in [3.63, 3.8) is 0 Å². The number of likely N-dealkylation sites (tertiary alicyclic amines) is 1. The molecule has 1 aliphatic carbocycles. The number of phenolic OH excluding ortho intramolecular Hbond substituents is 1. The van der Waals surface area contributed by atoms with Gasteiger partial charge in [0.2, 0.25) is 5.91 Å².